The molecular weight excluding hydrogens is 367 g/mol. The third kappa shape index (κ3) is 4.45. The van der Waals surface area contributed by atoms with E-state index < -0.39 is 27.2 Å². The first-order valence-electron chi connectivity index (χ1n) is 8.77. The highest BCUT2D eigenvalue weighted by Gasteiger charge is 2.32. The molecule has 27 heavy (non-hydrogen) atoms. The summed E-state index contributed by atoms with van der Waals surface area (Å²) < 4.78 is 44.0. The number of carbonyl (C=O) groups is 1. The van der Waals surface area contributed by atoms with Gasteiger partial charge in [0.05, 0.1) is 17.3 Å². The molecule has 0 bridgehead atoms. The average molecular weight is 388 g/mol. The molecule has 0 saturated carbocycles. The van der Waals surface area contributed by atoms with E-state index in [1.54, 1.807) is 24.3 Å². The van der Waals surface area contributed by atoms with Gasteiger partial charge >= 0.3 is 0 Å². The van der Waals surface area contributed by atoms with Gasteiger partial charge < -0.3 is 4.74 Å². The summed E-state index contributed by atoms with van der Waals surface area (Å²) >= 11 is 0. The zero-order chi connectivity index (χ0) is 19.6. The van der Waals surface area contributed by atoms with E-state index in [1.807, 2.05) is 0 Å². The van der Waals surface area contributed by atoms with Crippen LogP contribution in [0.4, 0.5) is 4.39 Å². The summed E-state index contributed by atoms with van der Waals surface area (Å²) in [5.74, 6) is -0.219. The SMILES string of the molecule is CC(C)CCOc1ccc(C=C2CS(=O)(=O)c3ccc(F)cc3C2=O)cc1. The summed E-state index contributed by atoms with van der Waals surface area (Å²) in [6.07, 6.45) is 2.49. The summed E-state index contributed by atoms with van der Waals surface area (Å²) in [6.45, 7) is 4.87. The van der Waals surface area contributed by atoms with E-state index in [4.69, 9.17) is 4.74 Å². The molecule has 6 heteroatoms. The van der Waals surface area contributed by atoms with Crippen LogP contribution in [0.1, 0.15) is 36.2 Å². The van der Waals surface area contributed by atoms with Crippen LogP contribution in [0.25, 0.3) is 6.08 Å². The number of sulfone groups is 1. The lowest BCUT2D eigenvalue weighted by atomic mass is 10.0. The number of halogens is 1. The fourth-order valence-electron chi connectivity index (χ4n) is 2.85. The van der Waals surface area contributed by atoms with Gasteiger partial charge in [-0.05, 0) is 54.3 Å². The molecule has 0 aromatic heterocycles. The molecule has 2 aromatic carbocycles. The van der Waals surface area contributed by atoms with E-state index in [1.165, 1.54) is 6.08 Å². The van der Waals surface area contributed by atoms with Gasteiger partial charge in [-0.2, -0.15) is 0 Å². The van der Waals surface area contributed by atoms with Crippen LogP contribution in [0.5, 0.6) is 5.75 Å². The van der Waals surface area contributed by atoms with Crippen molar-refractivity contribution in [2.75, 3.05) is 12.4 Å². The predicted octanol–water partition coefficient (Wildman–Crippen LogP) is 4.30. The Morgan fingerprint density at radius 3 is 2.52 bits per heavy atom. The van der Waals surface area contributed by atoms with Crippen LogP contribution in [0.3, 0.4) is 0 Å². The Hall–Kier alpha value is -2.47. The molecule has 0 saturated heterocycles. The van der Waals surface area contributed by atoms with Gasteiger partial charge in [0.2, 0.25) is 0 Å². The molecule has 0 aliphatic carbocycles. The largest absolute Gasteiger partial charge is 0.494 e. The Kier molecular flexibility index (Phi) is 5.46. The molecular formula is C21H21FO4S. The number of carbonyl (C=O) groups excluding carboxylic acids is 1. The number of ketones is 1. The minimum Gasteiger partial charge on any atom is -0.494 e. The van der Waals surface area contributed by atoms with Gasteiger partial charge in [0, 0.05) is 11.1 Å². The lowest BCUT2D eigenvalue weighted by Crippen LogP contribution is -2.24. The number of Topliss-reactive ketones (excluding diaryl/α,β-unsaturated/α-hetero) is 1. The monoisotopic (exact) mass is 388 g/mol. The number of ether oxygens (including phenoxy) is 1. The van der Waals surface area contributed by atoms with Crippen LogP contribution in [0.15, 0.2) is 52.9 Å². The van der Waals surface area contributed by atoms with E-state index in [2.05, 4.69) is 13.8 Å². The minimum absolute atomic E-state index is 0.110. The van der Waals surface area contributed by atoms with Crippen LogP contribution in [-0.2, 0) is 9.84 Å². The molecule has 1 aliphatic rings. The van der Waals surface area contributed by atoms with Gasteiger partial charge in [-0.1, -0.05) is 26.0 Å². The smallest absolute Gasteiger partial charge is 0.191 e. The van der Waals surface area contributed by atoms with Crippen LogP contribution in [0, 0.1) is 11.7 Å². The van der Waals surface area contributed by atoms with Gasteiger partial charge in [-0.25, -0.2) is 12.8 Å². The van der Waals surface area contributed by atoms with Gasteiger partial charge in [0.1, 0.15) is 11.6 Å². The van der Waals surface area contributed by atoms with Crippen LogP contribution >= 0.6 is 0 Å². The lowest BCUT2D eigenvalue weighted by Gasteiger charge is -2.18. The zero-order valence-electron chi connectivity index (χ0n) is 15.2. The summed E-state index contributed by atoms with van der Waals surface area (Å²) in [4.78, 5) is 12.5. The second-order valence-electron chi connectivity index (χ2n) is 7.00. The quantitative estimate of drug-likeness (QED) is 0.566. The molecule has 0 fully saturated rings. The minimum atomic E-state index is -3.67. The van der Waals surface area contributed by atoms with Crippen molar-refractivity contribution < 1.29 is 22.3 Å². The topological polar surface area (TPSA) is 60.4 Å². The maximum absolute atomic E-state index is 13.5. The van der Waals surface area contributed by atoms with Crippen molar-refractivity contribution in [3.8, 4) is 5.75 Å². The van der Waals surface area contributed by atoms with Crippen molar-refractivity contribution in [3.63, 3.8) is 0 Å². The van der Waals surface area contributed by atoms with Crippen LogP contribution < -0.4 is 4.74 Å². The van der Waals surface area contributed by atoms with Gasteiger partial charge in [-0.15, -0.1) is 0 Å². The standard InChI is InChI=1S/C21H21FO4S/c1-14(2)9-10-26-18-6-3-15(4-7-18)11-16-13-27(24,25)20-8-5-17(22)12-19(20)21(16)23/h3-8,11-12,14H,9-10,13H2,1-2H3. The maximum atomic E-state index is 13.5. The number of rotatable bonds is 5. The molecule has 0 N–H and O–H groups in total. The van der Waals surface area contributed by atoms with Crippen molar-refractivity contribution in [3.05, 3.63) is 65.0 Å². The Morgan fingerprint density at radius 1 is 1.15 bits per heavy atom. The van der Waals surface area contributed by atoms with E-state index in [-0.39, 0.29) is 16.0 Å². The van der Waals surface area contributed by atoms with E-state index in [9.17, 15) is 17.6 Å². The van der Waals surface area contributed by atoms with E-state index in [0.29, 0.717) is 23.8 Å². The van der Waals surface area contributed by atoms with Crippen LogP contribution in [0.2, 0.25) is 0 Å². The van der Waals surface area contributed by atoms with Crippen molar-refractivity contribution in [2.45, 2.75) is 25.2 Å². The highest BCUT2D eigenvalue weighted by atomic mass is 32.2. The average Bonchev–Trinajstić information content (AvgIpc) is 2.60. The molecule has 4 nitrogen and oxygen atoms in total. The number of hydrogen-bond donors (Lipinski definition) is 0. The van der Waals surface area contributed by atoms with Crippen molar-refractivity contribution in [1.82, 2.24) is 0 Å². The molecule has 1 aliphatic heterocycles. The molecule has 142 valence electrons. The van der Waals surface area contributed by atoms with Crippen LogP contribution in [-0.4, -0.2) is 26.6 Å². The number of hydrogen-bond acceptors (Lipinski definition) is 4. The third-order valence-corrected chi connectivity index (χ3v) is 6.06. The first-order valence-corrected chi connectivity index (χ1v) is 10.4. The Bertz CT molecular complexity index is 989. The van der Waals surface area contributed by atoms with Gasteiger partial charge in [0.15, 0.2) is 15.6 Å². The molecule has 0 spiro atoms. The second-order valence-corrected chi connectivity index (χ2v) is 8.96. The molecule has 0 unspecified atom stereocenters. The molecule has 0 atom stereocenters. The van der Waals surface area contributed by atoms with E-state index >= 15 is 0 Å². The summed E-state index contributed by atoms with van der Waals surface area (Å²) in [7, 11) is -3.67. The summed E-state index contributed by atoms with van der Waals surface area (Å²) in [6, 6.07) is 10.3. The molecule has 0 amide bonds. The Morgan fingerprint density at radius 2 is 1.85 bits per heavy atom. The summed E-state index contributed by atoms with van der Waals surface area (Å²) in [5.41, 5.74) is 0.701. The zero-order valence-corrected chi connectivity index (χ0v) is 16.1. The highest BCUT2D eigenvalue weighted by molar-refractivity contribution is 7.91. The normalized spacial score (nSPS) is 17.2. The molecule has 1 heterocycles. The number of benzene rings is 2. The molecule has 3 rings (SSSR count). The summed E-state index contributed by atoms with van der Waals surface area (Å²) in [5, 5.41) is 0. The fraction of sp³-hybridized carbons (Fsp3) is 0.286. The van der Waals surface area contributed by atoms with Crippen molar-refractivity contribution >= 4 is 21.7 Å². The third-order valence-electron chi connectivity index (χ3n) is 4.34. The van der Waals surface area contributed by atoms with E-state index in [0.717, 1.165) is 24.6 Å². The molecule has 2 aromatic rings. The van der Waals surface area contributed by atoms with Crippen molar-refractivity contribution in [1.29, 1.82) is 0 Å². The maximum Gasteiger partial charge on any atom is 0.191 e. The molecule has 0 radical (unpaired) electrons. The van der Waals surface area contributed by atoms with Gasteiger partial charge in [-0.3, -0.25) is 4.79 Å². The highest BCUT2D eigenvalue weighted by Crippen LogP contribution is 2.29. The first-order chi connectivity index (χ1) is 12.8. The van der Waals surface area contributed by atoms with Gasteiger partial charge in [0.25, 0.3) is 0 Å². The predicted molar refractivity (Wildman–Crippen MR) is 102 cm³/mol. The fourth-order valence-corrected chi connectivity index (χ4v) is 4.39. The Labute approximate surface area is 158 Å². The lowest BCUT2D eigenvalue weighted by molar-refractivity contribution is 0.103. The number of fused-ring (bicyclic) bond motifs is 1. The Balaban J connectivity index is 1.84. The first kappa shape index (κ1) is 19.3. The second kappa shape index (κ2) is 7.64. The van der Waals surface area contributed by atoms with Crippen molar-refractivity contribution in [2.24, 2.45) is 5.92 Å².